The van der Waals surface area contributed by atoms with Gasteiger partial charge in [0.25, 0.3) is 11.8 Å². The second-order valence-electron chi connectivity index (χ2n) is 7.60. The number of likely N-dealkylation sites (tertiary alicyclic amines) is 1. The van der Waals surface area contributed by atoms with E-state index in [9.17, 15) is 9.59 Å². The molecule has 2 aromatic rings. The van der Waals surface area contributed by atoms with Crippen molar-refractivity contribution >= 4 is 11.8 Å². The Bertz CT molecular complexity index is 807. The molecule has 154 valence electrons. The summed E-state index contributed by atoms with van der Waals surface area (Å²) >= 11 is 0. The molecule has 1 N–H and O–H groups in total. The number of piperidine rings is 1. The number of ether oxygens (including phenoxy) is 1. The van der Waals surface area contributed by atoms with Crippen molar-refractivity contribution in [2.45, 2.75) is 33.1 Å². The smallest absolute Gasteiger partial charge is 0.253 e. The molecule has 29 heavy (non-hydrogen) atoms. The quantitative estimate of drug-likeness (QED) is 0.770. The fourth-order valence-corrected chi connectivity index (χ4v) is 3.66. The maximum Gasteiger partial charge on any atom is 0.253 e. The van der Waals surface area contributed by atoms with Crippen molar-refractivity contribution in [1.29, 1.82) is 0 Å². The number of carbonyl (C=O) groups is 2. The number of carbonyl (C=O) groups excluding carboxylic acids is 2. The fraction of sp³-hybridized carbons (Fsp3) is 0.417. The third-order valence-corrected chi connectivity index (χ3v) is 5.47. The first-order valence-corrected chi connectivity index (χ1v) is 10.4. The van der Waals surface area contributed by atoms with E-state index in [-0.39, 0.29) is 11.8 Å². The van der Waals surface area contributed by atoms with E-state index in [1.54, 1.807) is 12.1 Å². The molecular weight excluding hydrogens is 364 g/mol. The molecule has 5 nitrogen and oxygen atoms in total. The largest absolute Gasteiger partial charge is 0.494 e. The minimum Gasteiger partial charge on any atom is -0.494 e. The fourth-order valence-electron chi connectivity index (χ4n) is 3.66. The molecule has 0 saturated carbocycles. The maximum absolute atomic E-state index is 12.6. The molecule has 1 aliphatic rings. The van der Waals surface area contributed by atoms with Crippen LogP contribution in [0.4, 0.5) is 0 Å². The lowest BCUT2D eigenvalue weighted by Crippen LogP contribution is -2.39. The first-order chi connectivity index (χ1) is 14.1. The molecule has 2 aromatic carbocycles. The monoisotopic (exact) mass is 394 g/mol. The average Bonchev–Trinajstić information content (AvgIpc) is 2.75. The topological polar surface area (TPSA) is 58.6 Å². The Kier molecular flexibility index (Phi) is 7.28. The van der Waals surface area contributed by atoms with Gasteiger partial charge in [0.05, 0.1) is 6.61 Å². The lowest BCUT2D eigenvalue weighted by atomic mass is 9.93. The lowest BCUT2D eigenvalue weighted by molar-refractivity contribution is 0.0687. The molecule has 1 fully saturated rings. The summed E-state index contributed by atoms with van der Waals surface area (Å²) in [6.45, 7) is 6.79. The van der Waals surface area contributed by atoms with Crippen molar-refractivity contribution < 1.29 is 14.3 Å². The second-order valence-corrected chi connectivity index (χ2v) is 7.60. The zero-order chi connectivity index (χ0) is 20.6. The predicted molar refractivity (Wildman–Crippen MR) is 114 cm³/mol. The van der Waals surface area contributed by atoms with Gasteiger partial charge in [-0.2, -0.15) is 0 Å². The van der Waals surface area contributed by atoms with Gasteiger partial charge in [0.15, 0.2) is 0 Å². The zero-order valence-corrected chi connectivity index (χ0v) is 17.3. The number of rotatable bonds is 7. The van der Waals surface area contributed by atoms with Gasteiger partial charge in [0.2, 0.25) is 0 Å². The molecule has 0 aliphatic carbocycles. The summed E-state index contributed by atoms with van der Waals surface area (Å²) in [4.78, 5) is 26.8. The maximum atomic E-state index is 12.6. The van der Waals surface area contributed by atoms with Gasteiger partial charge in [-0.3, -0.25) is 9.59 Å². The van der Waals surface area contributed by atoms with E-state index in [2.05, 4.69) is 5.32 Å². The second kappa shape index (κ2) is 10.1. The zero-order valence-electron chi connectivity index (χ0n) is 17.3. The van der Waals surface area contributed by atoms with Gasteiger partial charge in [-0.1, -0.05) is 17.7 Å². The van der Waals surface area contributed by atoms with Crippen LogP contribution in [0.15, 0.2) is 48.5 Å². The summed E-state index contributed by atoms with van der Waals surface area (Å²) in [5.41, 5.74) is 2.57. The third kappa shape index (κ3) is 5.83. The van der Waals surface area contributed by atoms with Crippen LogP contribution in [-0.2, 0) is 0 Å². The Balaban J connectivity index is 1.39. The van der Waals surface area contributed by atoms with Crippen LogP contribution in [0.5, 0.6) is 5.75 Å². The molecule has 0 aromatic heterocycles. The van der Waals surface area contributed by atoms with Gasteiger partial charge in [-0.15, -0.1) is 0 Å². The Hall–Kier alpha value is -2.82. The summed E-state index contributed by atoms with van der Waals surface area (Å²) < 4.78 is 5.40. The third-order valence-electron chi connectivity index (χ3n) is 5.47. The number of benzene rings is 2. The van der Waals surface area contributed by atoms with Crippen LogP contribution in [0.3, 0.4) is 0 Å². The van der Waals surface area contributed by atoms with Gasteiger partial charge < -0.3 is 15.0 Å². The number of hydrogen-bond acceptors (Lipinski definition) is 3. The SMILES string of the molecule is CCOc1ccc(C(=O)NCCC2CCN(C(=O)c3ccc(C)cc3)CC2)cc1. The lowest BCUT2D eigenvalue weighted by Gasteiger charge is -2.32. The van der Waals surface area contributed by atoms with E-state index in [1.165, 1.54) is 0 Å². The van der Waals surface area contributed by atoms with Crippen molar-refractivity contribution in [1.82, 2.24) is 10.2 Å². The molecule has 1 saturated heterocycles. The Morgan fingerprint density at radius 3 is 2.24 bits per heavy atom. The van der Waals surface area contributed by atoms with Crippen LogP contribution in [-0.4, -0.2) is 43.0 Å². The highest BCUT2D eigenvalue weighted by molar-refractivity contribution is 5.94. The standard InChI is InChI=1S/C24H30N2O3/c1-3-29-22-10-8-20(9-11-22)23(27)25-15-12-19-13-16-26(17-14-19)24(28)21-6-4-18(2)5-7-21/h4-11,19H,3,12-17H2,1-2H3,(H,25,27). The van der Waals surface area contributed by atoms with Crippen molar-refractivity contribution in [3.05, 3.63) is 65.2 Å². The molecule has 0 unspecified atom stereocenters. The Labute approximate surface area is 173 Å². The molecule has 0 spiro atoms. The molecule has 2 amide bonds. The number of amides is 2. The van der Waals surface area contributed by atoms with Gasteiger partial charge in [0, 0.05) is 30.8 Å². The number of nitrogens with one attached hydrogen (secondary N) is 1. The first kappa shape index (κ1) is 20.9. The molecule has 5 heteroatoms. The van der Waals surface area contributed by atoms with Crippen LogP contribution < -0.4 is 10.1 Å². The number of hydrogen-bond donors (Lipinski definition) is 1. The number of aryl methyl sites for hydroxylation is 1. The molecule has 3 rings (SSSR count). The van der Waals surface area contributed by atoms with Gasteiger partial charge in [-0.05, 0) is 75.4 Å². The van der Waals surface area contributed by atoms with Crippen LogP contribution in [0.25, 0.3) is 0 Å². The van der Waals surface area contributed by atoms with Crippen molar-refractivity contribution in [3.8, 4) is 5.75 Å². The van der Waals surface area contributed by atoms with Crippen LogP contribution in [0.2, 0.25) is 0 Å². The minimum absolute atomic E-state index is 0.0555. The molecule has 0 radical (unpaired) electrons. The molecule has 1 heterocycles. The van der Waals surface area contributed by atoms with Gasteiger partial charge in [0.1, 0.15) is 5.75 Å². The molecule has 0 atom stereocenters. The number of nitrogens with zero attached hydrogens (tertiary/aromatic N) is 1. The van der Waals surface area contributed by atoms with E-state index in [1.807, 2.05) is 55.1 Å². The summed E-state index contributed by atoms with van der Waals surface area (Å²) in [5, 5.41) is 3.00. The Morgan fingerprint density at radius 2 is 1.62 bits per heavy atom. The molecule has 1 aliphatic heterocycles. The average molecular weight is 395 g/mol. The minimum atomic E-state index is -0.0555. The van der Waals surface area contributed by atoms with E-state index in [4.69, 9.17) is 4.74 Å². The highest BCUT2D eigenvalue weighted by Gasteiger charge is 2.23. The van der Waals surface area contributed by atoms with Crippen molar-refractivity contribution in [2.75, 3.05) is 26.2 Å². The van der Waals surface area contributed by atoms with Crippen LogP contribution in [0.1, 0.15) is 52.5 Å². The van der Waals surface area contributed by atoms with Crippen molar-refractivity contribution in [3.63, 3.8) is 0 Å². The Morgan fingerprint density at radius 1 is 1.00 bits per heavy atom. The van der Waals surface area contributed by atoms with E-state index in [0.717, 1.165) is 49.2 Å². The van der Waals surface area contributed by atoms with Gasteiger partial charge >= 0.3 is 0 Å². The summed E-state index contributed by atoms with van der Waals surface area (Å²) in [5.74, 6) is 1.38. The molecular formula is C24H30N2O3. The van der Waals surface area contributed by atoms with E-state index >= 15 is 0 Å². The van der Waals surface area contributed by atoms with Crippen LogP contribution >= 0.6 is 0 Å². The predicted octanol–water partition coefficient (Wildman–Crippen LogP) is 4.07. The summed E-state index contributed by atoms with van der Waals surface area (Å²) in [7, 11) is 0. The van der Waals surface area contributed by atoms with Gasteiger partial charge in [-0.25, -0.2) is 0 Å². The summed E-state index contributed by atoms with van der Waals surface area (Å²) in [6, 6.07) is 15.0. The normalized spacial score (nSPS) is 14.5. The highest BCUT2D eigenvalue weighted by Crippen LogP contribution is 2.22. The first-order valence-electron chi connectivity index (χ1n) is 10.4. The highest BCUT2D eigenvalue weighted by atomic mass is 16.5. The van der Waals surface area contributed by atoms with Crippen molar-refractivity contribution in [2.24, 2.45) is 5.92 Å². The van der Waals surface area contributed by atoms with Crippen LogP contribution in [0, 0.1) is 12.8 Å². The van der Waals surface area contributed by atoms with E-state index < -0.39 is 0 Å². The van der Waals surface area contributed by atoms with E-state index in [0.29, 0.717) is 24.6 Å². The summed E-state index contributed by atoms with van der Waals surface area (Å²) in [6.07, 6.45) is 2.91. The molecule has 0 bridgehead atoms.